The van der Waals surface area contributed by atoms with E-state index in [0.717, 1.165) is 27.6 Å². The molecule has 0 spiro atoms. The molecule has 0 radical (unpaired) electrons. The zero-order chi connectivity index (χ0) is 18.1. The average molecular weight is 362 g/mol. The lowest BCUT2D eigenvalue weighted by Gasteiger charge is -2.08. The van der Waals surface area contributed by atoms with Gasteiger partial charge in [0, 0.05) is 28.4 Å². The highest BCUT2D eigenvalue weighted by molar-refractivity contribution is 7.99. The maximum absolute atomic E-state index is 12.7. The number of para-hydroxylation sites is 1. The van der Waals surface area contributed by atoms with E-state index in [4.69, 9.17) is 0 Å². The summed E-state index contributed by atoms with van der Waals surface area (Å²) in [5, 5.41) is 10.1. The second kappa shape index (κ2) is 6.80. The molecule has 130 valence electrons. The van der Waals surface area contributed by atoms with Crippen molar-refractivity contribution < 1.29 is 4.79 Å². The summed E-state index contributed by atoms with van der Waals surface area (Å²) in [5.74, 6) is 1.19. The molecule has 0 saturated carbocycles. The molecule has 0 unspecified atom stereocenters. The predicted molar refractivity (Wildman–Crippen MR) is 104 cm³/mol. The Balaban J connectivity index is 1.57. The third kappa shape index (κ3) is 3.04. The Kier molecular flexibility index (Phi) is 4.34. The molecule has 0 aliphatic heterocycles. The van der Waals surface area contributed by atoms with Gasteiger partial charge in [0.1, 0.15) is 5.82 Å². The standard InChI is InChI=1S/C20H18N4OS/c1-13-7-9-15(10-8-13)24-14(2)22-23-20(24)26-12-19(25)17-11-21-18-6-4-3-5-16(17)18/h3-11,21H,12H2,1-2H3. The minimum atomic E-state index is 0.0727. The van der Waals surface area contributed by atoms with Crippen molar-refractivity contribution in [2.24, 2.45) is 0 Å². The largest absolute Gasteiger partial charge is 0.360 e. The fraction of sp³-hybridized carbons (Fsp3) is 0.150. The predicted octanol–water partition coefficient (Wildman–Crippen LogP) is 4.34. The number of nitrogens with zero attached hydrogens (tertiary/aromatic N) is 3. The third-order valence-electron chi connectivity index (χ3n) is 4.31. The second-order valence-corrected chi connectivity index (χ2v) is 7.10. The zero-order valence-electron chi connectivity index (χ0n) is 14.6. The molecule has 5 nitrogen and oxygen atoms in total. The van der Waals surface area contributed by atoms with Gasteiger partial charge in [0.2, 0.25) is 0 Å². The van der Waals surface area contributed by atoms with Gasteiger partial charge in [-0.25, -0.2) is 0 Å². The van der Waals surface area contributed by atoms with Crippen LogP contribution in [0.15, 0.2) is 59.9 Å². The topological polar surface area (TPSA) is 63.6 Å². The Morgan fingerprint density at radius 3 is 2.65 bits per heavy atom. The normalized spacial score (nSPS) is 11.2. The van der Waals surface area contributed by atoms with Crippen molar-refractivity contribution in [2.45, 2.75) is 19.0 Å². The lowest BCUT2D eigenvalue weighted by Crippen LogP contribution is -2.04. The number of carbonyl (C=O) groups is 1. The minimum Gasteiger partial charge on any atom is -0.360 e. The van der Waals surface area contributed by atoms with Crippen LogP contribution in [0, 0.1) is 13.8 Å². The highest BCUT2D eigenvalue weighted by atomic mass is 32.2. The number of thioether (sulfide) groups is 1. The van der Waals surface area contributed by atoms with Gasteiger partial charge >= 0.3 is 0 Å². The van der Waals surface area contributed by atoms with Gasteiger partial charge in [-0.2, -0.15) is 0 Å². The highest BCUT2D eigenvalue weighted by Gasteiger charge is 2.16. The molecule has 6 heteroatoms. The second-order valence-electron chi connectivity index (χ2n) is 6.16. The van der Waals surface area contributed by atoms with Gasteiger partial charge in [-0.15, -0.1) is 10.2 Å². The van der Waals surface area contributed by atoms with Crippen LogP contribution in [0.25, 0.3) is 16.6 Å². The first-order valence-electron chi connectivity index (χ1n) is 8.34. The van der Waals surface area contributed by atoms with Crippen LogP contribution in [-0.4, -0.2) is 31.3 Å². The van der Waals surface area contributed by atoms with Crippen molar-refractivity contribution in [3.63, 3.8) is 0 Å². The molecule has 0 amide bonds. The monoisotopic (exact) mass is 362 g/mol. The molecular formula is C20H18N4OS. The lowest BCUT2D eigenvalue weighted by atomic mass is 10.1. The number of hydrogen-bond donors (Lipinski definition) is 1. The summed E-state index contributed by atoms with van der Waals surface area (Å²) in [6.07, 6.45) is 1.78. The van der Waals surface area contributed by atoms with E-state index in [0.29, 0.717) is 11.3 Å². The van der Waals surface area contributed by atoms with Crippen LogP contribution in [0.5, 0.6) is 0 Å². The number of ketones is 1. The third-order valence-corrected chi connectivity index (χ3v) is 5.24. The molecule has 1 N–H and O–H groups in total. The summed E-state index contributed by atoms with van der Waals surface area (Å²) in [5.41, 5.74) is 3.88. The maximum Gasteiger partial charge on any atom is 0.196 e. The van der Waals surface area contributed by atoms with Gasteiger partial charge in [0.25, 0.3) is 0 Å². The van der Waals surface area contributed by atoms with Crippen LogP contribution in [0.1, 0.15) is 21.7 Å². The summed E-state index contributed by atoms with van der Waals surface area (Å²) >= 11 is 1.41. The minimum absolute atomic E-state index is 0.0727. The number of benzene rings is 2. The van der Waals surface area contributed by atoms with E-state index < -0.39 is 0 Å². The molecule has 26 heavy (non-hydrogen) atoms. The van der Waals surface area contributed by atoms with Crippen molar-refractivity contribution in [1.29, 1.82) is 0 Å². The Labute approximate surface area is 155 Å². The number of rotatable bonds is 5. The number of aryl methyl sites for hydroxylation is 2. The molecule has 4 aromatic rings. The molecule has 2 aromatic heterocycles. The lowest BCUT2D eigenvalue weighted by molar-refractivity contribution is 0.102. The van der Waals surface area contributed by atoms with E-state index >= 15 is 0 Å². The van der Waals surface area contributed by atoms with Crippen LogP contribution >= 0.6 is 11.8 Å². The summed E-state index contributed by atoms with van der Waals surface area (Å²) in [6, 6.07) is 16.0. The van der Waals surface area contributed by atoms with Crippen molar-refractivity contribution >= 4 is 28.4 Å². The van der Waals surface area contributed by atoms with Gasteiger partial charge in [0.05, 0.1) is 5.75 Å². The van der Waals surface area contributed by atoms with Gasteiger partial charge in [-0.05, 0) is 32.0 Å². The Morgan fingerprint density at radius 2 is 1.85 bits per heavy atom. The number of aromatic nitrogens is 4. The Hall–Kier alpha value is -2.86. The van der Waals surface area contributed by atoms with E-state index in [2.05, 4.69) is 34.2 Å². The number of fused-ring (bicyclic) bond motifs is 1. The molecule has 4 rings (SSSR count). The van der Waals surface area contributed by atoms with Crippen molar-refractivity contribution in [3.8, 4) is 5.69 Å². The van der Waals surface area contributed by atoms with Crippen LogP contribution in [-0.2, 0) is 0 Å². The van der Waals surface area contributed by atoms with Gasteiger partial charge in [-0.3, -0.25) is 9.36 Å². The SMILES string of the molecule is Cc1ccc(-n2c(C)nnc2SCC(=O)c2c[nH]c3ccccc23)cc1. The molecular weight excluding hydrogens is 344 g/mol. The van der Waals surface area contributed by atoms with Gasteiger partial charge in [0.15, 0.2) is 10.9 Å². The maximum atomic E-state index is 12.7. The molecule has 2 aromatic carbocycles. The van der Waals surface area contributed by atoms with E-state index in [9.17, 15) is 4.79 Å². The van der Waals surface area contributed by atoms with Crippen molar-refractivity contribution in [2.75, 3.05) is 5.75 Å². The molecule has 0 bridgehead atoms. The summed E-state index contributed by atoms with van der Waals surface area (Å²) in [7, 11) is 0. The first-order valence-corrected chi connectivity index (χ1v) is 9.33. The van der Waals surface area contributed by atoms with Crippen LogP contribution < -0.4 is 0 Å². The Bertz CT molecular complexity index is 1080. The molecule has 0 fully saturated rings. The van der Waals surface area contributed by atoms with E-state index in [-0.39, 0.29) is 5.78 Å². The molecule has 0 saturated heterocycles. The molecule has 0 atom stereocenters. The summed E-state index contributed by atoms with van der Waals surface area (Å²) in [4.78, 5) is 15.8. The Morgan fingerprint density at radius 1 is 1.08 bits per heavy atom. The summed E-state index contributed by atoms with van der Waals surface area (Å²) in [6.45, 7) is 3.97. The first-order chi connectivity index (χ1) is 12.6. The number of aromatic amines is 1. The number of nitrogens with one attached hydrogen (secondary N) is 1. The van der Waals surface area contributed by atoms with Gasteiger partial charge in [-0.1, -0.05) is 47.7 Å². The van der Waals surface area contributed by atoms with Crippen LogP contribution in [0.2, 0.25) is 0 Å². The fourth-order valence-corrected chi connectivity index (χ4v) is 3.82. The number of hydrogen-bond acceptors (Lipinski definition) is 4. The van der Waals surface area contributed by atoms with Crippen molar-refractivity contribution in [1.82, 2.24) is 19.7 Å². The average Bonchev–Trinajstić information content (AvgIpc) is 3.24. The summed E-state index contributed by atoms with van der Waals surface area (Å²) < 4.78 is 1.98. The molecule has 0 aliphatic rings. The number of H-pyrrole nitrogens is 1. The first kappa shape index (κ1) is 16.6. The van der Waals surface area contributed by atoms with Crippen LogP contribution in [0.4, 0.5) is 0 Å². The smallest absolute Gasteiger partial charge is 0.196 e. The quantitative estimate of drug-likeness (QED) is 0.424. The van der Waals surface area contributed by atoms with E-state index in [1.54, 1.807) is 6.20 Å². The fourth-order valence-electron chi connectivity index (χ4n) is 2.94. The van der Waals surface area contributed by atoms with E-state index in [1.165, 1.54) is 17.3 Å². The van der Waals surface area contributed by atoms with E-state index in [1.807, 2.05) is 47.9 Å². The van der Waals surface area contributed by atoms with Crippen molar-refractivity contribution in [3.05, 3.63) is 71.7 Å². The highest BCUT2D eigenvalue weighted by Crippen LogP contribution is 2.25. The number of Topliss-reactive ketones (excluding diaryl/α,β-unsaturated/α-hetero) is 1. The molecule has 0 aliphatic carbocycles. The molecule has 2 heterocycles. The number of carbonyl (C=O) groups excluding carboxylic acids is 1. The van der Waals surface area contributed by atoms with Crippen LogP contribution in [0.3, 0.4) is 0 Å². The zero-order valence-corrected chi connectivity index (χ0v) is 15.4. The van der Waals surface area contributed by atoms with Gasteiger partial charge < -0.3 is 4.98 Å².